The summed E-state index contributed by atoms with van der Waals surface area (Å²) in [7, 11) is 5.45. The molecule has 0 radical (unpaired) electrons. The first kappa shape index (κ1) is 19.1. The molecule has 1 rings (SSSR count). The average molecular weight is 341 g/mol. The van der Waals surface area contributed by atoms with Crippen LogP contribution in [0.4, 0.5) is 0 Å². The highest BCUT2D eigenvalue weighted by molar-refractivity contribution is 5.93. The van der Waals surface area contributed by atoms with Crippen molar-refractivity contribution in [3.8, 4) is 17.2 Å². The number of rotatable bonds is 8. The van der Waals surface area contributed by atoms with Crippen LogP contribution in [0.25, 0.3) is 0 Å². The fourth-order valence-corrected chi connectivity index (χ4v) is 1.71. The first-order valence-electron chi connectivity index (χ1n) is 6.77. The van der Waals surface area contributed by atoms with Crippen molar-refractivity contribution in [3.05, 3.63) is 17.7 Å². The van der Waals surface area contributed by atoms with Crippen LogP contribution in [-0.2, 0) is 19.1 Å². The molecule has 0 bridgehead atoms. The Kier molecular flexibility index (Phi) is 7.34. The van der Waals surface area contributed by atoms with Crippen molar-refractivity contribution in [1.29, 1.82) is 0 Å². The number of benzene rings is 1. The number of esters is 2. The molecule has 0 heterocycles. The predicted molar refractivity (Wildman–Crippen MR) is 81.4 cm³/mol. The molecule has 0 saturated carbocycles. The minimum Gasteiger partial charge on any atom is -0.493 e. The monoisotopic (exact) mass is 341 g/mol. The van der Waals surface area contributed by atoms with E-state index in [1.54, 1.807) is 0 Å². The van der Waals surface area contributed by atoms with Gasteiger partial charge in [-0.25, -0.2) is 4.79 Å². The maximum absolute atomic E-state index is 12.0. The summed E-state index contributed by atoms with van der Waals surface area (Å²) in [5, 5.41) is 2.24. The third-order valence-corrected chi connectivity index (χ3v) is 2.89. The van der Waals surface area contributed by atoms with E-state index in [0.717, 1.165) is 0 Å². The standard InChI is InChI=1S/C15H19NO8/c1-20-10-5-9(6-11(21-2)14(10)23-4)15(19)24-8-12(17)16-7-13(18)22-3/h5-6H,7-8H2,1-4H3,(H,16,17). The Morgan fingerprint density at radius 2 is 1.54 bits per heavy atom. The molecule has 0 aromatic heterocycles. The van der Waals surface area contributed by atoms with Crippen molar-refractivity contribution in [2.75, 3.05) is 41.6 Å². The number of nitrogens with one attached hydrogen (secondary N) is 1. The number of carbonyl (C=O) groups is 3. The molecule has 9 nitrogen and oxygen atoms in total. The lowest BCUT2D eigenvalue weighted by molar-refractivity contribution is -0.141. The highest BCUT2D eigenvalue weighted by atomic mass is 16.5. The number of methoxy groups -OCH3 is 4. The summed E-state index contributed by atoms with van der Waals surface area (Å²) in [4.78, 5) is 34.4. The van der Waals surface area contributed by atoms with Crippen molar-refractivity contribution in [3.63, 3.8) is 0 Å². The van der Waals surface area contributed by atoms with Gasteiger partial charge in [-0.2, -0.15) is 0 Å². The summed E-state index contributed by atoms with van der Waals surface area (Å²) >= 11 is 0. The van der Waals surface area contributed by atoms with E-state index in [-0.39, 0.29) is 23.6 Å². The van der Waals surface area contributed by atoms with Crippen LogP contribution < -0.4 is 19.5 Å². The van der Waals surface area contributed by atoms with E-state index in [0.29, 0.717) is 5.75 Å². The molecule has 0 aliphatic rings. The van der Waals surface area contributed by atoms with Crippen LogP contribution in [0.2, 0.25) is 0 Å². The van der Waals surface area contributed by atoms with Gasteiger partial charge in [-0.3, -0.25) is 9.59 Å². The zero-order valence-electron chi connectivity index (χ0n) is 13.8. The lowest BCUT2D eigenvalue weighted by Gasteiger charge is -2.13. The molecule has 1 amide bonds. The quantitative estimate of drug-likeness (QED) is 0.666. The predicted octanol–water partition coefficient (Wildman–Crippen LogP) is 0.158. The number of hydrogen-bond acceptors (Lipinski definition) is 8. The van der Waals surface area contributed by atoms with Crippen LogP contribution in [0.15, 0.2) is 12.1 Å². The first-order valence-corrected chi connectivity index (χ1v) is 6.77. The second-order valence-corrected chi connectivity index (χ2v) is 4.34. The van der Waals surface area contributed by atoms with E-state index in [2.05, 4.69) is 10.1 Å². The van der Waals surface area contributed by atoms with Crippen molar-refractivity contribution >= 4 is 17.8 Å². The minimum absolute atomic E-state index is 0.116. The summed E-state index contributed by atoms with van der Waals surface area (Å²) in [6.45, 7) is -0.858. The molecule has 0 spiro atoms. The Balaban J connectivity index is 2.74. The number of hydrogen-bond donors (Lipinski definition) is 1. The highest BCUT2D eigenvalue weighted by Crippen LogP contribution is 2.38. The van der Waals surface area contributed by atoms with Gasteiger partial charge >= 0.3 is 11.9 Å². The molecule has 1 aromatic carbocycles. The average Bonchev–Trinajstić information content (AvgIpc) is 2.62. The lowest BCUT2D eigenvalue weighted by Crippen LogP contribution is -2.33. The van der Waals surface area contributed by atoms with Crippen LogP contribution in [0.1, 0.15) is 10.4 Å². The molecular formula is C15H19NO8. The molecule has 0 unspecified atom stereocenters. The smallest absolute Gasteiger partial charge is 0.338 e. The van der Waals surface area contributed by atoms with Gasteiger partial charge in [0.15, 0.2) is 18.1 Å². The molecule has 24 heavy (non-hydrogen) atoms. The minimum atomic E-state index is -0.762. The molecular weight excluding hydrogens is 322 g/mol. The van der Waals surface area contributed by atoms with Crippen LogP contribution in [0.3, 0.4) is 0 Å². The van der Waals surface area contributed by atoms with Gasteiger partial charge in [-0.15, -0.1) is 0 Å². The Labute approximate surface area is 138 Å². The maximum atomic E-state index is 12.0. The van der Waals surface area contributed by atoms with Crippen molar-refractivity contribution in [2.24, 2.45) is 0 Å². The van der Waals surface area contributed by atoms with E-state index in [9.17, 15) is 14.4 Å². The normalized spacial score (nSPS) is 9.67. The number of carbonyl (C=O) groups excluding carboxylic acids is 3. The summed E-state index contributed by atoms with van der Waals surface area (Å²) in [6, 6.07) is 2.80. The van der Waals surface area contributed by atoms with Gasteiger partial charge in [0.1, 0.15) is 6.54 Å². The van der Waals surface area contributed by atoms with E-state index in [1.807, 2.05) is 0 Å². The fraction of sp³-hybridized carbons (Fsp3) is 0.400. The molecule has 0 aliphatic carbocycles. The van der Waals surface area contributed by atoms with Gasteiger partial charge in [0.2, 0.25) is 5.75 Å². The second-order valence-electron chi connectivity index (χ2n) is 4.34. The lowest BCUT2D eigenvalue weighted by atomic mass is 10.2. The zero-order chi connectivity index (χ0) is 18.1. The Morgan fingerprint density at radius 3 is 2.00 bits per heavy atom. The molecule has 1 N–H and O–H groups in total. The van der Waals surface area contributed by atoms with Crippen LogP contribution >= 0.6 is 0 Å². The van der Waals surface area contributed by atoms with Gasteiger partial charge in [-0.05, 0) is 12.1 Å². The molecule has 1 aromatic rings. The van der Waals surface area contributed by atoms with Gasteiger partial charge in [0.05, 0.1) is 34.0 Å². The summed E-state index contributed by atoms with van der Waals surface area (Å²) in [5.74, 6) is -1.13. The first-order chi connectivity index (χ1) is 11.5. The molecule has 0 fully saturated rings. The Bertz CT molecular complexity index is 588. The SMILES string of the molecule is COC(=O)CNC(=O)COC(=O)c1cc(OC)c(OC)c(OC)c1. The highest BCUT2D eigenvalue weighted by Gasteiger charge is 2.18. The molecule has 0 atom stereocenters. The van der Waals surface area contributed by atoms with Crippen LogP contribution in [-0.4, -0.2) is 59.4 Å². The Morgan fingerprint density at radius 1 is 0.958 bits per heavy atom. The van der Waals surface area contributed by atoms with E-state index in [1.165, 1.54) is 40.6 Å². The maximum Gasteiger partial charge on any atom is 0.338 e. The number of ether oxygens (including phenoxy) is 5. The summed E-state index contributed by atoms with van der Waals surface area (Å²) in [5.41, 5.74) is 0.116. The topological polar surface area (TPSA) is 109 Å². The molecule has 0 saturated heterocycles. The summed E-state index contributed by atoms with van der Waals surface area (Å²) in [6.07, 6.45) is 0. The third kappa shape index (κ3) is 5.04. The van der Waals surface area contributed by atoms with Gasteiger partial charge in [-0.1, -0.05) is 0 Å². The molecule has 0 aliphatic heterocycles. The van der Waals surface area contributed by atoms with E-state index in [4.69, 9.17) is 18.9 Å². The van der Waals surface area contributed by atoms with Crippen molar-refractivity contribution < 1.29 is 38.1 Å². The third-order valence-electron chi connectivity index (χ3n) is 2.89. The van der Waals surface area contributed by atoms with Gasteiger partial charge in [0, 0.05) is 0 Å². The zero-order valence-corrected chi connectivity index (χ0v) is 13.8. The largest absolute Gasteiger partial charge is 0.493 e. The van der Waals surface area contributed by atoms with Crippen LogP contribution in [0, 0.1) is 0 Å². The van der Waals surface area contributed by atoms with E-state index >= 15 is 0 Å². The van der Waals surface area contributed by atoms with Crippen molar-refractivity contribution in [1.82, 2.24) is 5.32 Å². The fourth-order valence-electron chi connectivity index (χ4n) is 1.71. The van der Waals surface area contributed by atoms with Crippen LogP contribution in [0.5, 0.6) is 17.2 Å². The number of amides is 1. The van der Waals surface area contributed by atoms with Gasteiger partial charge < -0.3 is 29.0 Å². The molecule has 9 heteroatoms. The van der Waals surface area contributed by atoms with E-state index < -0.39 is 24.5 Å². The Hall–Kier alpha value is -2.97. The van der Waals surface area contributed by atoms with Crippen molar-refractivity contribution in [2.45, 2.75) is 0 Å². The second kappa shape index (κ2) is 9.23. The molecule has 132 valence electrons. The summed E-state index contributed by atoms with van der Waals surface area (Å²) < 4.78 is 24.6. The van der Waals surface area contributed by atoms with Gasteiger partial charge in [0.25, 0.3) is 5.91 Å².